The van der Waals surface area contributed by atoms with Crippen LogP contribution in [0.4, 0.5) is 0 Å². The van der Waals surface area contributed by atoms with Gasteiger partial charge in [0.05, 0.1) is 15.9 Å². The summed E-state index contributed by atoms with van der Waals surface area (Å²) in [7, 11) is 2.09. The summed E-state index contributed by atoms with van der Waals surface area (Å²) in [5.41, 5.74) is 3.00. The zero-order chi connectivity index (χ0) is 15.3. The SMILES string of the molecule is CCCNCC1(Cc2c(Br)c(CC)nn2C)CCCCC1. The van der Waals surface area contributed by atoms with Crippen molar-refractivity contribution in [2.45, 2.75) is 65.2 Å². The summed E-state index contributed by atoms with van der Waals surface area (Å²) in [5, 5.41) is 8.35. The van der Waals surface area contributed by atoms with Gasteiger partial charge < -0.3 is 5.32 Å². The van der Waals surface area contributed by atoms with E-state index in [1.807, 2.05) is 0 Å². The lowest BCUT2D eigenvalue weighted by molar-refractivity contribution is 0.177. The molecular weight excluding hydrogens is 326 g/mol. The van der Waals surface area contributed by atoms with Gasteiger partial charge in [-0.25, -0.2) is 0 Å². The highest BCUT2D eigenvalue weighted by molar-refractivity contribution is 9.10. The largest absolute Gasteiger partial charge is 0.316 e. The minimum atomic E-state index is 0.425. The van der Waals surface area contributed by atoms with Crippen molar-refractivity contribution in [3.63, 3.8) is 0 Å². The molecule has 1 heterocycles. The van der Waals surface area contributed by atoms with Gasteiger partial charge in [-0.3, -0.25) is 4.68 Å². The van der Waals surface area contributed by atoms with E-state index in [1.54, 1.807) is 0 Å². The predicted octanol–water partition coefficient (Wildman–Crippen LogP) is 4.24. The highest BCUT2D eigenvalue weighted by Gasteiger charge is 2.33. The molecule has 0 spiro atoms. The fraction of sp³-hybridized carbons (Fsp3) is 0.824. The van der Waals surface area contributed by atoms with Gasteiger partial charge in [-0.05, 0) is 60.0 Å². The Balaban J connectivity index is 2.16. The lowest BCUT2D eigenvalue weighted by atomic mass is 9.71. The van der Waals surface area contributed by atoms with Crippen LogP contribution in [0.15, 0.2) is 4.47 Å². The molecule has 120 valence electrons. The van der Waals surface area contributed by atoms with Crippen LogP contribution in [0.3, 0.4) is 0 Å². The zero-order valence-electron chi connectivity index (χ0n) is 13.8. The molecule has 0 radical (unpaired) electrons. The summed E-state index contributed by atoms with van der Waals surface area (Å²) in [5.74, 6) is 0. The molecule has 21 heavy (non-hydrogen) atoms. The van der Waals surface area contributed by atoms with Crippen LogP contribution in [0.2, 0.25) is 0 Å². The van der Waals surface area contributed by atoms with E-state index in [4.69, 9.17) is 0 Å². The average molecular weight is 356 g/mol. The molecular formula is C17H30BrN3. The van der Waals surface area contributed by atoms with E-state index in [1.165, 1.54) is 54.4 Å². The second-order valence-corrected chi connectivity index (χ2v) is 7.39. The number of rotatable bonds is 7. The standard InChI is InChI=1S/C17H30BrN3/c1-4-11-19-13-17(9-7-6-8-10-17)12-15-16(18)14(5-2)20-21(15)3/h19H,4-13H2,1-3H3. The predicted molar refractivity (Wildman–Crippen MR) is 92.7 cm³/mol. The van der Waals surface area contributed by atoms with Gasteiger partial charge in [0.25, 0.3) is 0 Å². The van der Waals surface area contributed by atoms with Crippen LogP contribution in [0, 0.1) is 5.41 Å². The monoisotopic (exact) mass is 355 g/mol. The van der Waals surface area contributed by atoms with Crippen LogP contribution in [0.5, 0.6) is 0 Å². The lowest BCUT2D eigenvalue weighted by Crippen LogP contribution is -2.38. The molecule has 0 bridgehead atoms. The van der Waals surface area contributed by atoms with Crippen molar-refractivity contribution in [2.75, 3.05) is 13.1 Å². The Morgan fingerprint density at radius 3 is 2.52 bits per heavy atom. The van der Waals surface area contributed by atoms with Crippen molar-refractivity contribution in [3.05, 3.63) is 15.9 Å². The molecule has 1 N–H and O–H groups in total. The van der Waals surface area contributed by atoms with Crippen molar-refractivity contribution in [1.29, 1.82) is 0 Å². The van der Waals surface area contributed by atoms with Gasteiger partial charge in [0.2, 0.25) is 0 Å². The summed E-state index contributed by atoms with van der Waals surface area (Å²) in [6.45, 7) is 6.70. The first-order valence-electron chi connectivity index (χ1n) is 8.53. The molecule has 1 saturated carbocycles. The third-order valence-electron chi connectivity index (χ3n) is 4.89. The zero-order valence-corrected chi connectivity index (χ0v) is 15.4. The molecule has 0 aliphatic heterocycles. The van der Waals surface area contributed by atoms with E-state index < -0.39 is 0 Å². The molecule has 3 nitrogen and oxygen atoms in total. The quantitative estimate of drug-likeness (QED) is 0.741. The van der Waals surface area contributed by atoms with Crippen molar-refractivity contribution >= 4 is 15.9 Å². The van der Waals surface area contributed by atoms with Gasteiger partial charge in [-0.1, -0.05) is 33.1 Å². The summed E-state index contributed by atoms with van der Waals surface area (Å²) in [4.78, 5) is 0. The van der Waals surface area contributed by atoms with E-state index in [-0.39, 0.29) is 0 Å². The number of nitrogens with one attached hydrogen (secondary N) is 1. The summed E-state index contributed by atoms with van der Waals surface area (Å²) in [6.07, 6.45) is 10.2. The van der Waals surface area contributed by atoms with E-state index in [2.05, 4.69) is 51.9 Å². The smallest absolute Gasteiger partial charge is 0.0766 e. The fourth-order valence-electron chi connectivity index (χ4n) is 3.62. The van der Waals surface area contributed by atoms with Crippen LogP contribution in [-0.4, -0.2) is 22.9 Å². The highest BCUT2D eigenvalue weighted by Crippen LogP contribution is 2.40. The molecule has 1 fully saturated rings. The molecule has 4 heteroatoms. The van der Waals surface area contributed by atoms with E-state index in [0.717, 1.165) is 25.9 Å². The minimum Gasteiger partial charge on any atom is -0.316 e. The fourth-order valence-corrected chi connectivity index (χ4v) is 4.37. The Hall–Kier alpha value is -0.350. The number of aromatic nitrogens is 2. The van der Waals surface area contributed by atoms with Crippen molar-refractivity contribution in [3.8, 4) is 0 Å². The number of aryl methyl sites for hydroxylation is 2. The lowest BCUT2D eigenvalue weighted by Gasteiger charge is -2.38. The Kier molecular flexibility index (Phi) is 6.30. The van der Waals surface area contributed by atoms with Gasteiger partial charge in [0.1, 0.15) is 0 Å². The topological polar surface area (TPSA) is 29.9 Å². The van der Waals surface area contributed by atoms with E-state index in [9.17, 15) is 0 Å². The van der Waals surface area contributed by atoms with Crippen LogP contribution in [0.1, 0.15) is 63.8 Å². The first kappa shape index (κ1) is 17.0. The van der Waals surface area contributed by atoms with Crippen molar-refractivity contribution in [2.24, 2.45) is 12.5 Å². The first-order valence-corrected chi connectivity index (χ1v) is 9.32. The summed E-state index contributed by atoms with van der Waals surface area (Å²) >= 11 is 3.79. The van der Waals surface area contributed by atoms with Crippen LogP contribution in [-0.2, 0) is 19.9 Å². The van der Waals surface area contributed by atoms with Crippen molar-refractivity contribution < 1.29 is 0 Å². The van der Waals surface area contributed by atoms with Gasteiger partial charge in [-0.15, -0.1) is 0 Å². The Morgan fingerprint density at radius 2 is 1.95 bits per heavy atom. The third-order valence-corrected chi connectivity index (χ3v) is 5.80. The molecule has 1 aromatic rings. The normalized spacial score (nSPS) is 18.1. The molecule has 0 atom stereocenters. The summed E-state index contributed by atoms with van der Waals surface area (Å²) in [6, 6.07) is 0. The summed E-state index contributed by atoms with van der Waals surface area (Å²) < 4.78 is 3.34. The molecule has 1 aliphatic carbocycles. The second-order valence-electron chi connectivity index (χ2n) is 6.60. The maximum Gasteiger partial charge on any atom is 0.0766 e. The van der Waals surface area contributed by atoms with Crippen LogP contribution < -0.4 is 5.32 Å². The Labute approximate surface area is 138 Å². The maximum absolute atomic E-state index is 4.67. The highest BCUT2D eigenvalue weighted by atomic mass is 79.9. The van der Waals surface area contributed by atoms with Gasteiger partial charge in [0.15, 0.2) is 0 Å². The van der Waals surface area contributed by atoms with Gasteiger partial charge >= 0.3 is 0 Å². The number of hydrogen-bond donors (Lipinski definition) is 1. The third kappa shape index (κ3) is 4.10. The number of nitrogens with zero attached hydrogens (tertiary/aromatic N) is 2. The average Bonchev–Trinajstić information content (AvgIpc) is 2.76. The minimum absolute atomic E-state index is 0.425. The Bertz CT molecular complexity index is 447. The Morgan fingerprint density at radius 1 is 1.24 bits per heavy atom. The first-order chi connectivity index (χ1) is 10.1. The number of halogens is 1. The molecule has 1 aromatic heterocycles. The van der Waals surface area contributed by atoms with Crippen molar-refractivity contribution in [1.82, 2.24) is 15.1 Å². The molecule has 1 aliphatic rings. The number of hydrogen-bond acceptors (Lipinski definition) is 2. The van der Waals surface area contributed by atoms with E-state index in [0.29, 0.717) is 5.41 Å². The van der Waals surface area contributed by atoms with Crippen LogP contribution >= 0.6 is 15.9 Å². The molecule has 0 aromatic carbocycles. The second kappa shape index (κ2) is 7.77. The molecule has 0 saturated heterocycles. The van der Waals surface area contributed by atoms with E-state index >= 15 is 0 Å². The van der Waals surface area contributed by atoms with Gasteiger partial charge in [-0.2, -0.15) is 5.10 Å². The van der Waals surface area contributed by atoms with Crippen LogP contribution in [0.25, 0.3) is 0 Å². The van der Waals surface area contributed by atoms with Gasteiger partial charge in [0, 0.05) is 13.6 Å². The molecule has 0 unspecified atom stereocenters. The maximum atomic E-state index is 4.67. The molecule has 0 amide bonds. The molecule has 2 rings (SSSR count).